The molecule has 1 aromatic rings. The lowest BCUT2D eigenvalue weighted by atomic mass is 10.0. The van der Waals surface area contributed by atoms with Crippen molar-refractivity contribution < 1.29 is 0 Å². The molecule has 0 heterocycles. The summed E-state index contributed by atoms with van der Waals surface area (Å²) < 4.78 is 0. The largest absolute Gasteiger partial charge is 0.399 e. The first kappa shape index (κ1) is 16.8. The fourth-order valence-corrected chi connectivity index (χ4v) is 2.09. The van der Waals surface area contributed by atoms with E-state index in [4.69, 9.17) is 5.73 Å². The molecule has 0 bridgehead atoms. The molecule has 3 nitrogen and oxygen atoms in total. The maximum absolute atomic E-state index is 9.34. The average molecular weight is 283 g/mol. The van der Waals surface area contributed by atoms with E-state index in [-0.39, 0.29) is 0 Å². The van der Waals surface area contributed by atoms with Crippen molar-refractivity contribution in [1.82, 2.24) is 0 Å². The summed E-state index contributed by atoms with van der Waals surface area (Å²) >= 11 is 0. The summed E-state index contributed by atoms with van der Waals surface area (Å²) in [6, 6.07) is 7.72. The summed E-state index contributed by atoms with van der Waals surface area (Å²) in [6.45, 7) is 11.2. The third kappa shape index (κ3) is 4.68. The average Bonchev–Trinajstić information content (AvgIpc) is 2.47. The standard InChI is InChI=1S/C18H25N3/c1-5-7-10-21(13-15(6-2)14(3)4)18-9-8-17(20)11-16(18)12-19/h6,8-9,11,13-14H,2,5,7,10,20H2,1,3-4H3/b15-13+. The molecule has 0 aliphatic carbocycles. The zero-order chi connectivity index (χ0) is 15.8. The number of nitriles is 1. The number of hydrogen-bond acceptors (Lipinski definition) is 3. The predicted octanol–water partition coefficient (Wildman–Crippen LogP) is 4.47. The molecule has 0 radical (unpaired) electrons. The van der Waals surface area contributed by atoms with Gasteiger partial charge in [-0.2, -0.15) is 5.26 Å². The van der Waals surface area contributed by atoms with Crippen molar-refractivity contribution in [3.8, 4) is 6.07 Å². The fourth-order valence-electron chi connectivity index (χ4n) is 2.09. The highest BCUT2D eigenvalue weighted by atomic mass is 15.1. The minimum atomic E-state index is 0.394. The second kappa shape index (κ2) is 8.16. The molecule has 0 saturated heterocycles. The van der Waals surface area contributed by atoms with Crippen molar-refractivity contribution in [3.63, 3.8) is 0 Å². The summed E-state index contributed by atoms with van der Waals surface area (Å²) in [5, 5.41) is 9.34. The van der Waals surface area contributed by atoms with Gasteiger partial charge in [-0.3, -0.25) is 0 Å². The number of anilines is 2. The van der Waals surface area contributed by atoms with E-state index >= 15 is 0 Å². The Bertz CT molecular complexity index is 550. The van der Waals surface area contributed by atoms with E-state index in [1.165, 1.54) is 0 Å². The van der Waals surface area contributed by atoms with Gasteiger partial charge >= 0.3 is 0 Å². The van der Waals surface area contributed by atoms with Gasteiger partial charge in [-0.25, -0.2) is 0 Å². The minimum Gasteiger partial charge on any atom is -0.399 e. The summed E-state index contributed by atoms with van der Waals surface area (Å²) in [4.78, 5) is 2.14. The van der Waals surface area contributed by atoms with Crippen LogP contribution < -0.4 is 10.6 Å². The van der Waals surface area contributed by atoms with Crippen LogP contribution in [0, 0.1) is 17.2 Å². The van der Waals surface area contributed by atoms with Crippen molar-refractivity contribution in [3.05, 3.63) is 48.2 Å². The molecule has 0 amide bonds. The highest BCUT2D eigenvalue weighted by Crippen LogP contribution is 2.25. The van der Waals surface area contributed by atoms with Gasteiger partial charge in [0, 0.05) is 18.4 Å². The number of rotatable bonds is 7. The van der Waals surface area contributed by atoms with Crippen molar-refractivity contribution >= 4 is 11.4 Å². The number of nitrogens with zero attached hydrogens (tertiary/aromatic N) is 2. The van der Waals surface area contributed by atoms with Crippen molar-refractivity contribution in [2.45, 2.75) is 33.6 Å². The second-order valence-electron chi connectivity index (χ2n) is 5.42. The van der Waals surface area contributed by atoms with Crippen LogP contribution in [0.4, 0.5) is 11.4 Å². The van der Waals surface area contributed by atoms with Gasteiger partial charge < -0.3 is 10.6 Å². The molecule has 1 rings (SSSR count). The number of allylic oxidation sites excluding steroid dienone is 2. The third-order valence-corrected chi connectivity index (χ3v) is 3.41. The zero-order valence-corrected chi connectivity index (χ0v) is 13.3. The Morgan fingerprint density at radius 2 is 2.19 bits per heavy atom. The van der Waals surface area contributed by atoms with E-state index < -0.39 is 0 Å². The van der Waals surface area contributed by atoms with Crippen LogP contribution in [-0.2, 0) is 0 Å². The topological polar surface area (TPSA) is 53.0 Å². The highest BCUT2D eigenvalue weighted by molar-refractivity contribution is 5.66. The molecule has 0 fully saturated rings. The first-order valence-electron chi connectivity index (χ1n) is 7.43. The van der Waals surface area contributed by atoms with Crippen molar-refractivity contribution in [2.75, 3.05) is 17.2 Å². The Hall–Kier alpha value is -2.21. The zero-order valence-electron chi connectivity index (χ0n) is 13.3. The van der Waals surface area contributed by atoms with Crippen LogP contribution in [0.1, 0.15) is 39.2 Å². The molecule has 0 saturated carbocycles. The Kier molecular flexibility index (Phi) is 6.55. The maximum Gasteiger partial charge on any atom is 0.101 e. The lowest BCUT2D eigenvalue weighted by molar-refractivity contribution is 0.755. The Balaban J connectivity index is 3.25. The van der Waals surface area contributed by atoms with Gasteiger partial charge in [0.25, 0.3) is 0 Å². The molecule has 1 aromatic carbocycles. The molecule has 112 valence electrons. The Morgan fingerprint density at radius 3 is 2.71 bits per heavy atom. The van der Waals surface area contributed by atoms with Gasteiger partial charge in [0.1, 0.15) is 6.07 Å². The predicted molar refractivity (Wildman–Crippen MR) is 90.9 cm³/mol. The number of nitrogen functional groups attached to an aromatic ring is 1. The van der Waals surface area contributed by atoms with E-state index in [9.17, 15) is 5.26 Å². The monoisotopic (exact) mass is 283 g/mol. The quantitative estimate of drug-likeness (QED) is 0.593. The Labute approximate surface area is 128 Å². The van der Waals surface area contributed by atoms with Crippen LogP contribution in [-0.4, -0.2) is 6.54 Å². The molecular formula is C18H25N3. The van der Waals surface area contributed by atoms with Crippen LogP contribution in [0.5, 0.6) is 0 Å². The minimum absolute atomic E-state index is 0.394. The molecule has 0 aliphatic heterocycles. The van der Waals surface area contributed by atoms with Crippen LogP contribution in [0.15, 0.2) is 42.6 Å². The summed E-state index contributed by atoms with van der Waals surface area (Å²) in [6.07, 6.45) is 6.15. The SMILES string of the molecule is C=C/C(=C\N(CCCC)c1ccc(N)cc1C#N)C(C)C. The van der Waals surface area contributed by atoms with Crippen LogP contribution in [0.25, 0.3) is 0 Å². The summed E-state index contributed by atoms with van der Waals surface area (Å²) in [7, 11) is 0. The molecule has 21 heavy (non-hydrogen) atoms. The third-order valence-electron chi connectivity index (χ3n) is 3.41. The smallest absolute Gasteiger partial charge is 0.101 e. The van der Waals surface area contributed by atoms with Gasteiger partial charge in [0.05, 0.1) is 11.3 Å². The molecule has 2 N–H and O–H groups in total. The van der Waals surface area contributed by atoms with E-state index in [2.05, 4.69) is 44.5 Å². The summed E-state index contributed by atoms with van der Waals surface area (Å²) in [5.41, 5.74) is 9.06. The molecule has 0 spiro atoms. The lowest BCUT2D eigenvalue weighted by Gasteiger charge is -2.24. The van der Waals surface area contributed by atoms with Crippen LogP contribution in [0.2, 0.25) is 0 Å². The number of unbranched alkanes of at least 4 members (excludes halogenated alkanes) is 1. The molecule has 3 heteroatoms. The molecule has 0 unspecified atom stereocenters. The molecule has 0 aromatic heterocycles. The van der Waals surface area contributed by atoms with Gasteiger partial charge in [-0.15, -0.1) is 0 Å². The maximum atomic E-state index is 9.34. The van der Waals surface area contributed by atoms with E-state index in [1.807, 2.05) is 18.2 Å². The molecule has 0 atom stereocenters. The molecule has 0 aliphatic rings. The van der Waals surface area contributed by atoms with E-state index in [0.29, 0.717) is 17.2 Å². The second-order valence-corrected chi connectivity index (χ2v) is 5.42. The van der Waals surface area contributed by atoms with Gasteiger partial charge in [-0.1, -0.05) is 39.8 Å². The first-order chi connectivity index (χ1) is 10.0. The van der Waals surface area contributed by atoms with Gasteiger partial charge in [0.2, 0.25) is 0 Å². The highest BCUT2D eigenvalue weighted by Gasteiger charge is 2.11. The van der Waals surface area contributed by atoms with E-state index in [0.717, 1.165) is 30.6 Å². The number of nitrogens with two attached hydrogens (primary N) is 1. The van der Waals surface area contributed by atoms with Gasteiger partial charge in [-0.05, 0) is 36.1 Å². The Morgan fingerprint density at radius 1 is 1.48 bits per heavy atom. The van der Waals surface area contributed by atoms with Crippen molar-refractivity contribution in [1.29, 1.82) is 5.26 Å². The normalized spacial score (nSPS) is 11.3. The summed E-state index contributed by atoms with van der Waals surface area (Å²) in [5.74, 6) is 0.394. The van der Waals surface area contributed by atoms with Gasteiger partial charge in [0.15, 0.2) is 0 Å². The lowest BCUT2D eigenvalue weighted by Crippen LogP contribution is -2.20. The molecular weight excluding hydrogens is 258 g/mol. The van der Waals surface area contributed by atoms with Crippen molar-refractivity contribution in [2.24, 2.45) is 5.92 Å². The van der Waals surface area contributed by atoms with E-state index in [1.54, 1.807) is 6.07 Å². The van der Waals surface area contributed by atoms with Crippen LogP contribution >= 0.6 is 0 Å². The first-order valence-corrected chi connectivity index (χ1v) is 7.43. The fraction of sp³-hybridized carbons (Fsp3) is 0.389. The van der Waals surface area contributed by atoms with Crippen LogP contribution in [0.3, 0.4) is 0 Å². The number of hydrogen-bond donors (Lipinski definition) is 1. The number of benzene rings is 1.